The fourth-order valence-electron chi connectivity index (χ4n) is 2.08. The summed E-state index contributed by atoms with van der Waals surface area (Å²) in [7, 11) is 0. The zero-order valence-electron chi connectivity index (χ0n) is 13.7. The number of aromatic nitrogens is 2. The summed E-state index contributed by atoms with van der Waals surface area (Å²) in [4.78, 5) is 8.90. The van der Waals surface area contributed by atoms with Gasteiger partial charge in [-0.1, -0.05) is 43.1 Å². The van der Waals surface area contributed by atoms with E-state index in [2.05, 4.69) is 34.4 Å². The SMILES string of the molecule is Cc1cc(NCC(C)C)nc(NCCc2ccc(Cl)cc2Cl)n1. The number of anilines is 2. The van der Waals surface area contributed by atoms with Crippen molar-refractivity contribution >= 4 is 35.0 Å². The second-order valence-corrected chi connectivity index (χ2v) is 6.75. The molecule has 0 saturated heterocycles. The van der Waals surface area contributed by atoms with Crippen molar-refractivity contribution in [1.29, 1.82) is 0 Å². The van der Waals surface area contributed by atoms with Crippen LogP contribution in [0.15, 0.2) is 24.3 Å². The molecule has 0 unspecified atom stereocenters. The van der Waals surface area contributed by atoms with Crippen LogP contribution in [0.4, 0.5) is 11.8 Å². The summed E-state index contributed by atoms with van der Waals surface area (Å²) in [6.45, 7) is 7.88. The van der Waals surface area contributed by atoms with Gasteiger partial charge >= 0.3 is 0 Å². The molecule has 1 heterocycles. The third-order valence-electron chi connectivity index (χ3n) is 3.24. The number of rotatable bonds is 7. The highest BCUT2D eigenvalue weighted by atomic mass is 35.5. The van der Waals surface area contributed by atoms with Gasteiger partial charge in [-0.3, -0.25) is 0 Å². The molecule has 0 aliphatic carbocycles. The zero-order chi connectivity index (χ0) is 16.8. The van der Waals surface area contributed by atoms with Crippen molar-refractivity contribution in [2.75, 3.05) is 23.7 Å². The predicted molar refractivity (Wildman–Crippen MR) is 98.8 cm³/mol. The Labute approximate surface area is 147 Å². The molecular formula is C17H22Cl2N4. The normalized spacial score (nSPS) is 10.9. The smallest absolute Gasteiger partial charge is 0.224 e. The minimum atomic E-state index is 0.564. The van der Waals surface area contributed by atoms with Crippen molar-refractivity contribution < 1.29 is 0 Å². The van der Waals surface area contributed by atoms with E-state index in [1.807, 2.05) is 25.1 Å². The van der Waals surface area contributed by atoms with E-state index in [4.69, 9.17) is 23.2 Å². The fraction of sp³-hybridized carbons (Fsp3) is 0.412. The van der Waals surface area contributed by atoms with Gasteiger partial charge in [0.05, 0.1) is 0 Å². The molecule has 1 aromatic heterocycles. The molecule has 0 atom stereocenters. The maximum absolute atomic E-state index is 6.18. The van der Waals surface area contributed by atoms with E-state index in [1.165, 1.54) is 0 Å². The van der Waals surface area contributed by atoms with Crippen LogP contribution >= 0.6 is 23.2 Å². The van der Waals surface area contributed by atoms with Crippen molar-refractivity contribution in [2.24, 2.45) is 5.92 Å². The van der Waals surface area contributed by atoms with Gasteiger partial charge in [-0.05, 0) is 37.0 Å². The van der Waals surface area contributed by atoms with E-state index in [0.29, 0.717) is 28.5 Å². The third kappa shape index (κ3) is 5.88. The molecule has 0 spiro atoms. The number of nitrogens with zero attached hydrogens (tertiary/aromatic N) is 2. The highest BCUT2D eigenvalue weighted by Crippen LogP contribution is 2.21. The first-order chi connectivity index (χ1) is 10.9. The van der Waals surface area contributed by atoms with E-state index in [-0.39, 0.29) is 0 Å². The minimum Gasteiger partial charge on any atom is -0.370 e. The van der Waals surface area contributed by atoms with E-state index < -0.39 is 0 Å². The Kier molecular flexibility index (Phi) is 6.48. The molecule has 124 valence electrons. The average molecular weight is 353 g/mol. The van der Waals surface area contributed by atoms with Crippen LogP contribution < -0.4 is 10.6 Å². The van der Waals surface area contributed by atoms with Crippen LogP contribution in [0.1, 0.15) is 25.1 Å². The van der Waals surface area contributed by atoms with Crippen molar-refractivity contribution in [3.05, 3.63) is 45.6 Å². The van der Waals surface area contributed by atoms with Gasteiger partial charge in [-0.25, -0.2) is 4.98 Å². The second kappa shape index (κ2) is 8.37. The van der Waals surface area contributed by atoms with Crippen molar-refractivity contribution in [3.63, 3.8) is 0 Å². The summed E-state index contributed by atoms with van der Waals surface area (Å²) in [5, 5.41) is 7.90. The molecular weight excluding hydrogens is 331 g/mol. The van der Waals surface area contributed by atoms with Gasteiger partial charge in [-0.2, -0.15) is 4.98 Å². The third-order valence-corrected chi connectivity index (χ3v) is 3.83. The minimum absolute atomic E-state index is 0.564. The summed E-state index contributed by atoms with van der Waals surface area (Å²) in [5.74, 6) is 2.04. The van der Waals surface area contributed by atoms with E-state index >= 15 is 0 Å². The van der Waals surface area contributed by atoms with Crippen molar-refractivity contribution in [1.82, 2.24) is 9.97 Å². The first kappa shape index (κ1) is 17.8. The average Bonchev–Trinajstić information content (AvgIpc) is 2.47. The van der Waals surface area contributed by atoms with Gasteiger partial charge in [-0.15, -0.1) is 0 Å². The number of aryl methyl sites for hydroxylation is 1. The second-order valence-electron chi connectivity index (χ2n) is 5.91. The Balaban J connectivity index is 1.94. The lowest BCUT2D eigenvalue weighted by atomic mass is 10.1. The lowest BCUT2D eigenvalue weighted by Gasteiger charge is -2.11. The molecule has 0 radical (unpaired) electrons. The van der Waals surface area contributed by atoms with Crippen LogP contribution in [0, 0.1) is 12.8 Å². The van der Waals surface area contributed by atoms with Gasteiger partial charge in [0, 0.05) is 34.9 Å². The largest absolute Gasteiger partial charge is 0.370 e. The fourth-order valence-corrected chi connectivity index (χ4v) is 2.58. The molecule has 0 bridgehead atoms. The number of nitrogens with one attached hydrogen (secondary N) is 2. The highest BCUT2D eigenvalue weighted by Gasteiger charge is 2.05. The van der Waals surface area contributed by atoms with Crippen molar-refractivity contribution in [3.8, 4) is 0 Å². The molecule has 6 heteroatoms. The summed E-state index contributed by atoms with van der Waals surface area (Å²) in [6.07, 6.45) is 0.780. The highest BCUT2D eigenvalue weighted by molar-refractivity contribution is 6.35. The van der Waals surface area contributed by atoms with E-state index in [0.717, 1.165) is 30.0 Å². The molecule has 0 fully saturated rings. The van der Waals surface area contributed by atoms with Crippen molar-refractivity contribution in [2.45, 2.75) is 27.2 Å². The molecule has 4 nitrogen and oxygen atoms in total. The molecule has 0 aliphatic rings. The van der Waals surface area contributed by atoms with Crippen LogP contribution in [-0.4, -0.2) is 23.1 Å². The Morgan fingerprint density at radius 2 is 1.87 bits per heavy atom. The van der Waals surface area contributed by atoms with Gasteiger partial charge in [0.2, 0.25) is 5.95 Å². The van der Waals surface area contributed by atoms with Gasteiger partial charge in [0.25, 0.3) is 0 Å². The number of benzene rings is 1. The summed E-state index contributed by atoms with van der Waals surface area (Å²) >= 11 is 12.1. The predicted octanol–water partition coefficient (Wildman–Crippen LogP) is 4.81. The van der Waals surface area contributed by atoms with Crippen LogP contribution in [0.3, 0.4) is 0 Å². The summed E-state index contributed by atoms with van der Waals surface area (Å²) in [6, 6.07) is 7.50. The maximum Gasteiger partial charge on any atom is 0.224 e. The van der Waals surface area contributed by atoms with Gasteiger partial charge in [0.15, 0.2) is 0 Å². The van der Waals surface area contributed by atoms with E-state index in [1.54, 1.807) is 6.07 Å². The first-order valence-electron chi connectivity index (χ1n) is 7.71. The Morgan fingerprint density at radius 1 is 1.09 bits per heavy atom. The molecule has 0 amide bonds. The quantitative estimate of drug-likeness (QED) is 0.750. The lowest BCUT2D eigenvalue weighted by Crippen LogP contribution is -2.13. The molecule has 0 aliphatic heterocycles. The number of hydrogen-bond acceptors (Lipinski definition) is 4. The van der Waals surface area contributed by atoms with Gasteiger partial charge < -0.3 is 10.6 Å². The first-order valence-corrected chi connectivity index (χ1v) is 8.47. The topological polar surface area (TPSA) is 49.8 Å². The van der Waals surface area contributed by atoms with Crippen LogP contribution in [0.2, 0.25) is 10.0 Å². The number of halogens is 2. The Hall–Kier alpha value is -1.52. The standard InChI is InChI=1S/C17H22Cl2N4/c1-11(2)10-21-16-8-12(3)22-17(23-16)20-7-6-13-4-5-14(18)9-15(13)19/h4-5,8-9,11H,6-7,10H2,1-3H3,(H2,20,21,22,23). The van der Waals surface area contributed by atoms with Gasteiger partial charge in [0.1, 0.15) is 5.82 Å². The molecule has 1 aromatic carbocycles. The Bertz CT molecular complexity index is 659. The molecule has 2 rings (SSSR count). The number of hydrogen-bond donors (Lipinski definition) is 2. The maximum atomic E-state index is 6.18. The Morgan fingerprint density at radius 3 is 2.57 bits per heavy atom. The molecule has 2 aromatic rings. The summed E-state index contributed by atoms with van der Waals surface area (Å²) < 4.78 is 0. The van der Waals surface area contributed by atoms with Crippen LogP contribution in [0.5, 0.6) is 0 Å². The zero-order valence-corrected chi connectivity index (χ0v) is 15.2. The summed E-state index contributed by atoms with van der Waals surface area (Å²) in [5.41, 5.74) is 1.98. The lowest BCUT2D eigenvalue weighted by molar-refractivity contribution is 0.686. The van der Waals surface area contributed by atoms with E-state index in [9.17, 15) is 0 Å². The van der Waals surface area contributed by atoms with Crippen LogP contribution in [0.25, 0.3) is 0 Å². The molecule has 23 heavy (non-hydrogen) atoms. The monoisotopic (exact) mass is 352 g/mol. The molecule has 2 N–H and O–H groups in total. The molecule has 0 saturated carbocycles. The van der Waals surface area contributed by atoms with Crippen LogP contribution in [-0.2, 0) is 6.42 Å².